The minimum atomic E-state index is -0.257. The van der Waals surface area contributed by atoms with Crippen LogP contribution in [0.2, 0.25) is 5.02 Å². The van der Waals surface area contributed by atoms with E-state index < -0.39 is 0 Å². The molecular formula is C20H21BrClNO2. The van der Waals surface area contributed by atoms with Crippen molar-refractivity contribution in [2.24, 2.45) is 0 Å². The van der Waals surface area contributed by atoms with Crippen LogP contribution < -0.4 is 10.1 Å². The average molecular weight is 423 g/mol. The number of carbonyl (C=O) groups excluding carboxylic acids is 1. The third kappa shape index (κ3) is 3.70. The van der Waals surface area contributed by atoms with Gasteiger partial charge in [-0.15, -0.1) is 0 Å². The van der Waals surface area contributed by atoms with Gasteiger partial charge in [0.1, 0.15) is 11.4 Å². The molecular weight excluding hydrogens is 402 g/mol. The summed E-state index contributed by atoms with van der Waals surface area (Å²) < 4.78 is 7.12. The smallest absolute Gasteiger partial charge is 0.253 e. The van der Waals surface area contributed by atoms with Gasteiger partial charge in [0.15, 0.2) is 0 Å². The van der Waals surface area contributed by atoms with Crippen LogP contribution in [0.15, 0.2) is 46.9 Å². The number of hydrogen-bond acceptors (Lipinski definition) is 2. The standard InChI is InChI=1S/C20H21BrClNO2/c1-3-20(4-2)12-17(14-7-5-6-8-18(14)25-20)23-19(24)15-11-13(21)9-10-16(15)22/h5-11,17H,3-4,12H2,1-2H3,(H,23,24)/t17-/m1/s1. The van der Waals surface area contributed by atoms with Crippen LogP contribution >= 0.6 is 27.5 Å². The van der Waals surface area contributed by atoms with Gasteiger partial charge in [0.2, 0.25) is 0 Å². The third-order valence-electron chi connectivity index (χ3n) is 4.96. The van der Waals surface area contributed by atoms with Gasteiger partial charge in [0.05, 0.1) is 16.6 Å². The third-order valence-corrected chi connectivity index (χ3v) is 5.79. The van der Waals surface area contributed by atoms with Crippen LogP contribution in [-0.2, 0) is 0 Å². The fourth-order valence-corrected chi connectivity index (χ4v) is 3.90. The van der Waals surface area contributed by atoms with Crippen LogP contribution in [0.5, 0.6) is 5.75 Å². The van der Waals surface area contributed by atoms with Crippen LogP contribution in [-0.4, -0.2) is 11.5 Å². The van der Waals surface area contributed by atoms with Crippen molar-refractivity contribution in [3.05, 3.63) is 63.1 Å². The van der Waals surface area contributed by atoms with Gasteiger partial charge in [-0.2, -0.15) is 0 Å². The van der Waals surface area contributed by atoms with E-state index in [1.165, 1.54) is 0 Å². The number of halogens is 2. The fourth-order valence-electron chi connectivity index (χ4n) is 3.34. The SMILES string of the molecule is CCC1(CC)C[C@@H](NC(=O)c2cc(Br)ccc2Cl)c2ccccc2O1. The molecule has 1 N–H and O–H groups in total. The highest BCUT2D eigenvalue weighted by Crippen LogP contribution is 2.42. The van der Waals surface area contributed by atoms with Crippen molar-refractivity contribution >= 4 is 33.4 Å². The summed E-state index contributed by atoms with van der Waals surface area (Å²) in [5, 5.41) is 3.60. The van der Waals surface area contributed by atoms with Crippen LogP contribution in [0.1, 0.15) is 55.1 Å². The van der Waals surface area contributed by atoms with Gasteiger partial charge < -0.3 is 10.1 Å². The number of rotatable bonds is 4. The maximum atomic E-state index is 12.8. The highest BCUT2D eigenvalue weighted by atomic mass is 79.9. The molecule has 0 radical (unpaired) electrons. The molecule has 3 rings (SSSR count). The van der Waals surface area contributed by atoms with E-state index in [-0.39, 0.29) is 17.6 Å². The Balaban J connectivity index is 1.93. The lowest BCUT2D eigenvalue weighted by Gasteiger charge is -2.41. The topological polar surface area (TPSA) is 38.3 Å². The summed E-state index contributed by atoms with van der Waals surface area (Å²) in [6.45, 7) is 4.25. The predicted molar refractivity (Wildman–Crippen MR) is 104 cm³/mol. The van der Waals surface area contributed by atoms with Gasteiger partial charge in [-0.25, -0.2) is 0 Å². The molecule has 2 aromatic rings. The van der Waals surface area contributed by atoms with Crippen LogP contribution in [0.25, 0.3) is 0 Å². The van der Waals surface area contributed by atoms with E-state index in [4.69, 9.17) is 16.3 Å². The normalized spacial score (nSPS) is 18.2. The molecule has 0 spiro atoms. The van der Waals surface area contributed by atoms with Crippen molar-refractivity contribution in [1.82, 2.24) is 5.32 Å². The largest absolute Gasteiger partial charge is 0.487 e. The zero-order valence-corrected chi connectivity index (χ0v) is 16.7. The molecule has 25 heavy (non-hydrogen) atoms. The Hall–Kier alpha value is -1.52. The van der Waals surface area contributed by atoms with Gasteiger partial charge in [-0.1, -0.05) is 59.6 Å². The van der Waals surface area contributed by atoms with Crippen molar-refractivity contribution in [2.75, 3.05) is 0 Å². The Morgan fingerprint density at radius 2 is 2.00 bits per heavy atom. The first kappa shape index (κ1) is 18.3. The average Bonchev–Trinajstić information content (AvgIpc) is 2.63. The fraction of sp³-hybridized carbons (Fsp3) is 0.350. The molecule has 3 nitrogen and oxygen atoms in total. The number of amides is 1. The number of fused-ring (bicyclic) bond motifs is 1. The van der Waals surface area contributed by atoms with Crippen LogP contribution in [0.3, 0.4) is 0 Å². The number of hydrogen-bond donors (Lipinski definition) is 1. The maximum Gasteiger partial charge on any atom is 0.253 e. The summed E-state index contributed by atoms with van der Waals surface area (Å²) in [5.74, 6) is 0.678. The Morgan fingerprint density at radius 1 is 1.28 bits per heavy atom. The molecule has 2 aromatic carbocycles. The molecule has 1 amide bonds. The molecule has 0 saturated heterocycles. The van der Waals surface area contributed by atoms with Gasteiger partial charge in [-0.3, -0.25) is 4.79 Å². The first-order chi connectivity index (χ1) is 12.0. The Labute approximate surface area is 161 Å². The van der Waals surface area contributed by atoms with Crippen molar-refractivity contribution in [3.8, 4) is 5.75 Å². The lowest BCUT2D eigenvalue weighted by molar-refractivity contribution is 0.0227. The van der Waals surface area contributed by atoms with E-state index in [2.05, 4.69) is 35.1 Å². The van der Waals surface area contributed by atoms with Crippen LogP contribution in [0.4, 0.5) is 0 Å². The zero-order chi connectivity index (χ0) is 18.0. The van der Waals surface area contributed by atoms with Crippen molar-refractivity contribution < 1.29 is 9.53 Å². The number of carbonyl (C=O) groups is 1. The van der Waals surface area contributed by atoms with E-state index in [9.17, 15) is 4.79 Å². The summed E-state index contributed by atoms with van der Waals surface area (Å²) in [6, 6.07) is 13.1. The minimum absolute atomic E-state index is 0.104. The molecule has 5 heteroatoms. The van der Waals surface area contributed by atoms with Gasteiger partial charge in [0, 0.05) is 16.5 Å². The second kappa shape index (κ2) is 7.38. The molecule has 1 aliphatic rings. The Kier molecular flexibility index (Phi) is 5.40. The van der Waals surface area contributed by atoms with Gasteiger partial charge in [-0.05, 0) is 37.1 Å². The van der Waals surface area contributed by atoms with E-state index in [0.717, 1.165) is 35.0 Å². The van der Waals surface area contributed by atoms with Gasteiger partial charge >= 0.3 is 0 Å². The molecule has 1 atom stereocenters. The van der Waals surface area contributed by atoms with E-state index in [1.54, 1.807) is 12.1 Å². The minimum Gasteiger partial charge on any atom is -0.487 e. The Bertz CT molecular complexity index is 789. The predicted octanol–water partition coefficient (Wildman–Crippen LogP) is 5.91. The van der Waals surface area contributed by atoms with Gasteiger partial charge in [0.25, 0.3) is 5.91 Å². The lowest BCUT2D eigenvalue weighted by Crippen LogP contribution is -2.44. The van der Waals surface area contributed by atoms with Crippen molar-refractivity contribution in [3.63, 3.8) is 0 Å². The summed E-state index contributed by atoms with van der Waals surface area (Å²) in [7, 11) is 0. The molecule has 0 unspecified atom stereocenters. The summed E-state index contributed by atoms with van der Waals surface area (Å²) in [4.78, 5) is 12.8. The molecule has 0 aliphatic carbocycles. The Morgan fingerprint density at radius 3 is 2.72 bits per heavy atom. The second-order valence-corrected chi connectivity index (χ2v) is 7.71. The molecule has 1 heterocycles. The zero-order valence-electron chi connectivity index (χ0n) is 14.3. The molecule has 0 bridgehead atoms. The van der Waals surface area contributed by atoms with Crippen molar-refractivity contribution in [2.45, 2.75) is 44.8 Å². The molecule has 0 fully saturated rings. The molecule has 1 aliphatic heterocycles. The monoisotopic (exact) mass is 421 g/mol. The van der Waals surface area contributed by atoms with Crippen molar-refractivity contribution in [1.29, 1.82) is 0 Å². The highest BCUT2D eigenvalue weighted by molar-refractivity contribution is 9.10. The summed E-state index contributed by atoms with van der Waals surface area (Å²) >= 11 is 9.61. The van der Waals surface area contributed by atoms with E-state index in [0.29, 0.717) is 10.6 Å². The molecule has 132 valence electrons. The summed E-state index contributed by atoms with van der Waals surface area (Å²) in [5.41, 5.74) is 1.23. The quantitative estimate of drug-likeness (QED) is 0.664. The van der Waals surface area contributed by atoms with E-state index >= 15 is 0 Å². The first-order valence-electron chi connectivity index (χ1n) is 8.52. The van der Waals surface area contributed by atoms with Crippen LogP contribution in [0, 0.1) is 0 Å². The maximum absolute atomic E-state index is 12.8. The number of nitrogens with one attached hydrogen (secondary N) is 1. The highest BCUT2D eigenvalue weighted by Gasteiger charge is 2.39. The van der Waals surface area contributed by atoms with E-state index in [1.807, 2.05) is 30.3 Å². The molecule has 0 aromatic heterocycles. The first-order valence-corrected chi connectivity index (χ1v) is 9.69. The summed E-state index contributed by atoms with van der Waals surface area (Å²) in [6.07, 6.45) is 2.53. The lowest BCUT2D eigenvalue weighted by atomic mass is 9.83. The molecule has 0 saturated carbocycles. The number of para-hydroxylation sites is 1. The number of ether oxygens (including phenoxy) is 1. The number of benzene rings is 2. The second-order valence-electron chi connectivity index (χ2n) is 6.38.